The largest absolute Gasteiger partial charge is 0.379 e. The molecule has 1 aromatic carbocycles. The second-order valence-electron chi connectivity index (χ2n) is 5.36. The van der Waals surface area contributed by atoms with Crippen molar-refractivity contribution in [3.8, 4) is 11.5 Å². The third-order valence-corrected chi connectivity index (χ3v) is 3.09. The zero-order valence-corrected chi connectivity index (χ0v) is 12.5. The maximum Gasteiger partial charge on any atom is 0.258 e. The van der Waals surface area contributed by atoms with Crippen molar-refractivity contribution in [3.63, 3.8) is 0 Å². The van der Waals surface area contributed by atoms with Crippen LogP contribution in [0.15, 0.2) is 22.7 Å². The molecule has 0 saturated carbocycles. The number of aromatic nitrogens is 2. The van der Waals surface area contributed by atoms with Crippen LogP contribution in [0.5, 0.6) is 0 Å². The summed E-state index contributed by atoms with van der Waals surface area (Å²) in [7, 11) is 0. The first-order chi connectivity index (χ1) is 9.94. The summed E-state index contributed by atoms with van der Waals surface area (Å²) in [4.78, 5) is 4.30. The van der Waals surface area contributed by atoms with E-state index in [1.165, 1.54) is 6.07 Å². The minimum absolute atomic E-state index is 0.268. The molecule has 0 bridgehead atoms. The van der Waals surface area contributed by atoms with Gasteiger partial charge < -0.3 is 15.0 Å². The summed E-state index contributed by atoms with van der Waals surface area (Å²) in [6, 6.07) is 4.63. The molecule has 2 N–H and O–H groups in total. The Morgan fingerprint density at radius 2 is 2.19 bits per heavy atom. The fourth-order valence-electron chi connectivity index (χ4n) is 1.84. The molecule has 0 radical (unpaired) electrons. The van der Waals surface area contributed by atoms with Crippen LogP contribution in [0, 0.1) is 12.7 Å². The number of halogens is 1. The molecule has 0 amide bonds. The molecule has 0 aliphatic carbocycles. The SMILES string of the molecule is CCCOCC(C)(N)c1noc(-c2ccc(F)c(C)c2)n1. The maximum atomic E-state index is 13.3. The molecule has 1 aromatic heterocycles. The lowest BCUT2D eigenvalue weighted by atomic mass is 10.1. The Labute approximate surface area is 123 Å². The van der Waals surface area contributed by atoms with Gasteiger partial charge in [-0.05, 0) is 44.0 Å². The quantitative estimate of drug-likeness (QED) is 0.829. The van der Waals surface area contributed by atoms with Gasteiger partial charge in [0.25, 0.3) is 5.89 Å². The van der Waals surface area contributed by atoms with Crippen molar-refractivity contribution in [2.75, 3.05) is 13.2 Å². The summed E-state index contributed by atoms with van der Waals surface area (Å²) in [6.07, 6.45) is 0.919. The van der Waals surface area contributed by atoms with Crippen LogP contribution < -0.4 is 5.73 Å². The van der Waals surface area contributed by atoms with E-state index in [-0.39, 0.29) is 5.82 Å². The maximum absolute atomic E-state index is 13.3. The van der Waals surface area contributed by atoms with Crippen molar-refractivity contribution in [3.05, 3.63) is 35.4 Å². The molecule has 5 nitrogen and oxygen atoms in total. The lowest BCUT2D eigenvalue weighted by molar-refractivity contribution is 0.0867. The van der Waals surface area contributed by atoms with E-state index in [0.717, 1.165) is 6.42 Å². The van der Waals surface area contributed by atoms with Crippen LogP contribution in [0.2, 0.25) is 0 Å². The summed E-state index contributed by atoms with van der Waals surface area (Å²) in [6.45, 7) is 6.43. The number of rotatable bonds is 6. The van der Waals surface area contributed by atoms with Crippen LogP contribution in [-0.4, -0.2) is 23.4 Å². The van der Waals surface area contributed by atoms with Gasteiger partial charge in [-0.15, -0.1) is 0 Å². The van der Waals surface area contributed by atoms with Crippen molar-refractivity contribution >= 4 is 0 Å². The number of hydrogen-bond donors (Lipinski definition) is 1. The van der Waals surface area contributed by atoms with Crippen LogP contribution in [0.4, 0.5) is 4.39 Å². The van der Waals surface area contributed by atoms with Gasteiger partial charge >= 0.3 is 0 Å². The molecular weight excluding hydrogens is 273 g/mol. The van der Waals surface area contributed by atoms with Crippen molar-refractivity contribution < 1.29 is 13.7 Å². The third kappa shape index (κ3) is 3.65. The van der Waals surface area contributed by atoms with Gasteiger partial charge in [0.15, 0.2) is 5.82 Å². The van der Waals surface area contributed by atoms with Crippen LogP contribution in [0.3, 0.4) is 0 Å². The van der Waals surface area contributed by atoms with E-state index in [9.17, 15) is 4.39 Å². The molecule has 1 heterocycles. The minimum Gasteiger partial charge on any atom is -0.379 e. The van der Waals surface area contributed by atoms with Crippen molar-refractivity contribution in [2.45, 2.75) is 32.7 Å². The zero-order valence-electron chi connectivity index (χ0n) is 12.5. The Hall–Kier alpha value is -1.79. The molecule has 1 unspecified atom stereocenters. The summed E-state index contributed by atoms with van der Waals surface area (Å²) >= 11 is 0. The Morgan fingerprint density at radius 1 is 1.43 bits per heavy atom. The second kappa shape index (κ2) is 6.32. The lowest BCUT2D eigenvalue weighted by Gasteiger charge is -2.19. The number of nitrogens with two attached hydrogens (primary N) is 1. The highest BCUT2D eigenvalue weighted by atomic mass is 19.1. The number of nitrogens with zero attached hydrogens (tertiary/aromatic N) is 2. The van der Waals surface area contributed by atoms with E-state index >= 15 is 0 Å². The molecular formula is C15H20FN3O2. The molecule has 2 rings (SSSR count). The predicted molar refractivity (Wildman–Crippen MR) is 77.1 cm³/mol. The van der Waals surface area contributed by atoms with E-state index in [1.807, 2.05) is 6.92 Å². The van der Waals surface area contributed by atoms with Gasteiger partial charge in [-0.25, -0.2) is 4.39 Å². The molecule has 0 aliphatic heterocycles. The molecule has 0 fully saturated rings. The van der Waals surface area contributed by atoms with Crippen LogP contribution >= 0.6 is 0 Å². The summed E-state index contributed by atoms with van der Waals surface area (Å²) in [5.74, 6) is 0.422. The van der Waals surface area contributed by atoms with Crippen molar-refractivity contribution in [1.82, 2.24) is 10.1 Å². The highest BCUT2D eigenvalue weighted by molar-refractivity contribution is 5.54. The summed E-state index contributed by atoms with van der Waals surface area (Å²) < 4.78 is 24.0. The minimum atomic E-state index is -0.827. The Kier molecular flexibility index (Phi) is 4.69. The van der Waals surface area contributed by atoms with E-state index in [0.29, 0.717) is 36.1 Å². The number of aryl methyl sites for hydroxylation is 1. The van der Waals surface area contributed by atoms with E-state index in [4.69, 9.17) is 15.0 Å². The first-order valence-electron chi connectivity index (χ1n) is 6.91. The Bertz CT molecular complexity index is 611. The van der Waals surface area contributed by atoms with Gasteiger partial charge in [0.2, 0.25) is 0 Å². The first-order valence-corrected chi connectivity index (χ1v) is 6.91. The van der Waals surface area contributed by atoms with Crippen LogP contribution in [-0.2, 0) is 10.3 Å². The molecule has 0 spiro atoms. The fraction of sp³-hybridized carbons (Fsp3) is 0.467. The van der Waals surface area contributed by atoms with Gasteiger partial charge in [0.05, 0.1) is 6.61 Å². The number of hydrogen-bond acceptors (Lipinski definition) is 5. The summed E-state index contributed by atoms with van der Waals surface area (Å²) in [5, 5.41) is 3.91. The molecule has 0 saturated heterocycles. The molecule has 6 heteroatoms. The number of benzene rings is 1. The Balaban J connectivity index is 2.18. The average Bonchev–Trinajstić information content (AvgIpc) is 2.92. The van der Waals surface area contributed by atoms with Gasteiger partial charge in [0.1, 0.15) is 11.4 Å². The van der Waals surface area contributed by atoms with Crippen LogP contribution in [0.1, 0.15) is 31.7 Å². The van der Waals surface area contributed by atoms with Gasteiger partial charge in [-0.3, -0.25) is 0 Å². The molecule has 114 valence electrons. The van der Waals surface area contributed by atoms with Crippen molar-refractivity contribution in [2.24, 2.45) is 5.73 Å². The molecule has 2 aromatic rings. The van der Waals surface area contributed by atoms with Crippen molar-refractivity contribution in [1.29, 1.82) is 0 Å². The van der Waals surface area contributed by atoms with Gasteiger partial charge in [-0.1, -0.05) is 12.1 Å². The molecule has 21 heavy (non-hydrogen) atoms. The van der Waals surface area contributed by atoms with Gasteiger partial charge in [-0.2, -0.15) is 4.98 Å². The standard InChI is InChI=1S/C15H20FN3O2/c1-4-7-20-9-15(3,17)14-18-13(21-19-14)11-5-6-12(16)10(2)8-11/h5-6,8H,4,7,9,17H2,1-3H3. The highest BCUT2D eigenvalue weighted by Gasteiger charge is 2.28. The topological polar surface area (TPSA) is 74.2 Å². The zero-order chi connectivity index (χ0) is 15.5. The Morgan fingerprint density at radius 3 is 2.86 bits per heavy atom. The smallest absolute Gasteiger partial charge is 0.258 e. The van der Waals surface area contributed by atoms with Gasteiger partial charge in [0, 0.05) is 12.2 Å². The predicted octanol–water partition coefficient (Wildman–Crippen LogP) is 2.78. The fourth-order valence-corrected chi connectivity index (χ4v) is 1.84. The lowest BCUT2D eigenvalue weighted by Crippen LogP contribution is -2.39. The third-order valence-electron chi connectivity index (χ3n) is 3.09. The normalized spacial score (nSPS) is 14.1. The summed E-state index contributed by atoms with van der Waals surface area (Å²) in [5.41, 5.74) is 6.51. The highest BCUT2D eigenvalue weighted by Crippen LogP contribution is 2.23. The number of ether oxygens (including phenoxy) is 1. The van der Waals surface area contributed by atoms with E-state index in [2.05, 4.69) is 10.1 Å². The van der Waals surface area contributed by atoms with Crippen LogP contribution in [0.25, 0.3) is 11.5 Å². The molecule has 0 aliphatic rings. The molecule has 1 atom stereocenters. The van der Waals surface area contributed by atoms with E-state index in [1.54, 1.807) is 26.0 Å². The average molecular weight is 293 g/mol. The van der Waals surface area contributed by atoms with E-state index < -0.39 is 5.54 Å². The monoisotopic (exact) mass is 293 g/mol. The second-order valence-corrected chi connectivity index (χ2v) is 5.36. The first kappa shape index (κ1) is 15.6.